The third-order valence-corrected chi connectivity index (χ3v) is 6.00. The number of hydrogen-bond acceptors (Lipinski definition) is 3. The van der Waals surface area contributed by atoms with Gasteiger partial charge in [0.1, 0.15) is 5.82 Å². The van der Waals surface area contributed by atoms with Crippen molar-refractivity contribution in [2.24, 2.45) is 35.3 Å². The summed E-state index contributed by atoms with van der Waals surface area (Å²) < 4.78 is 0. The Kier molecular flexibility index (Phi) is 2.95. The van der Waals surface area contributed by atoms with E-state index in [1.165, 1.54) is 32.1 Å². The van der Waals surface area contributed by atoms with Gasteiger partial charge >= 0.3 is 0 Å². The first-order chi connectivity index (χ1) is 9.72. The van der Waals surface area contributed by atoms with Gasteiger partial charge in [0.25, 0.3) is 5.56 Å². The molecule has 1 aromatic heterocycles. The fourth-order valence-electron chi connectivity index (χ4n) is 5.30. The Bertz CT molecular complexity index is 537. The summed E-state index contributed by atoms with van der Waals surface area (Å²) in [4.78, 5) is 19.2. The molecule has 0 atom stereocenters. The summed E-state index contributed by atoms with van der Waals surface area (Å²) in [6, 6.07) is 0. The molecule has 4 saturated carbocycles. The van der Waals surface area contributed by atoms with Gasteiger partial charge in [0.15, 0.2) is 0 Å². The summed E-state index contributed by atoms with van der Waals surface area (Å²) in [7, 11) is 0. The SMILES string of the molecule is NCc1cnc(CC2C3CC4CC(C3)CC2C4)[nH]c1=O. The van der Waals surface area contributed by atoms with Crippen molar-refractivity contribution in [3.05, 3.63) is 27.9 Å². The van der Waals surface area contributed by atoms with E-state index in [1.54, 1.807) is 6.20 Å². The molecule has 0 aromatic carbocycles. The smallest absolute Gasteiger partial charge is 0.255 e. The van der Waals surface area contributed by atoms with E-state index in [1.807, 2.05) is 0 Å². The summed E-state index contributed by atoms with van der Waals surface area (Å²) in [6.45, 7) is 0.265. The van der Waals surface area contributed by atoms with Gasteiger partial charge in [-0.2, -0.15) is 0 Å². The minimum Gasteiger partial charge on any atom is -0.326 e. The van der Waals surface area contributed by atoms with E-state index in [4.69, 9.17) is 5.73 Å². The predicted molar refractivity (Wildman–Crippen MR) is 77.0 cm³/mol. The standard InChI is InChI=1S/C16H23N3O/c17-7-13-8-18-15(19-16(13)20)6-14-11-2-9-1-10(4-11)5-12(14)3-9/h8-12,14H,1-7,17H2,(H,18,19,20). The van der Waals surface area contributed by atoms with Gasteiger partial charge in [-0.15, -0.1) is 0 Å². The third-order valence-electron chi connectivity index (χ3n) is 6.00. The predicted octanol–water partition coefficient (Wildman–Crippen LogP) is 1.84. The highest BCUT2D eigenvalue weighted by Gasteiger charge is 2.48. The van der Waals surface area contributed by atoms with Gasteiger partial charge in [0.05, 0.1) is 0 Å². The van der Waals surface area contributed by atoms with E-state index in [9.17, 15) is 4.79 Å². The second-order valence-electron chi connectivity index (χ2n) is 7.19. The normalized spacial score (nSPS) is 38.4. The molecular formula is C16H23N3O. The van der Waals surface area contributed by atoms with E-state index in [-0.39, 0.29) is 12.1 Å². The summed E-state index contributed by atoms with van der Waals surface area (Å²) in [5.74, 6) is 5.37. The van der Waals surface area contributed by atoms with E-state index in [2.05, 4.69) is 9.97 Å². The van der Waals surface area contributed by atoms with Crippen LogP contribution in [0, 0.1) is 29.6 Å². The lowest BCUT2D eigenvalue weighted by atomic mass is 9.51. The number of nitrogens with one attached hydrogen (secondary N) is 1. The molecule has 1 heterocycles. The third kappa shape index (κ3) is 2.01. The van der Waals surface area contributed by atoms with Crippen molar-refractivity contribution in [3.63, 3.8) is 0 Å². The van der Waals surface area contributed by atoms with Gasteiger partial charge in [-0.1, -0.05) is 0 Å². The van der Waals surface area contributed by atoms with Crippen molar-refractivity contribution in [2.45, 2.75) is 45.1 Å². The highest BCUT2D eigenvalue weighted by Crippen LogP contribution is 2.57. The minimum absolute atomic E-state index is 0.0543. The molecule has 0 unspecified atom stereocenters. The first-order valence-corrected chi connectivity index (χ1v) is 8.00. The molecule has 108 valence electrons. The van der Waals surface area contributed by atoms with Crippen LogP contribution in [0.5, 0.6) is 0 Å². The molecule has 4 aliphatic carbocycles. The van der Waals surface area contributed by atoms with Crippen molar-refractivity contribution in [1.29, 1.82) is 0 Å². The summed E-state index contributed by atoms with van der Waals surface area (Å²) in [6.07, 6.45) is 9.77. The number of nitrogens with zero attached hydrogens (tertiary/aromatic N) is 1. The second-order valence-corrected chi connectivity index (χ2v) is 7.19. The molecule has 0 radical (unpaired) electrons. The molecule has 4 aliphatic rings. The number of nitrogens with two attached hydrogens (primary N) is 1. The van der Waals surface area contributed by atoms with Crippen LogP contribution in [0.15, 0.2) is 11.0 Å². The van der Waals surface area contributed by atoms with Gasteiger partial charge in [-0.25, -0.2) is 4.98 Å². The van der Waals surface area contributed by atoms with Crippen LogP contribution < -0.4 is 11.3 Å². The number of hydrogen-bond donors (Lipinski definition) is 2. The van der Waals surface area contributed by atoms with Gasteiger partial charge < -0.3 is 10.7 Å². The second kappa shape index (κ2) is 4.69. The molecule has 4 fully saturated rings. The molecule has 0 spiro atoms. The number of H-pyrrole nitrogens is 1. The van der Waals surface area contributed by atoms with Crippen molar-refractivity contribution in [3.8, 4) is 0 Å². The van der Waals surface area contributed by atoms with Crippen LogP contribution in [-0.4, -0.2) is 9.97 Å². The maximum absolute atomic E-state index is 11.8. The van der Waals surface area contributed by atoms with Gasteiger partial charge in [0, 0.05) is 24.7 Å². The quantitative estimate of drug-likeness (QED) is 0.882. The van der Waals surface area contributed by atoms with Gasteiger partial charge in [-0.3, -0.25) is 4.79 Å². The topological polar surface area (TPSA) is 71.8 Å². The number of aromatic nitrogens is 2. The minimum atomic E-state index is -0.0543. The first-order valence-electron chi connectivity index (χ1n) is 8.00. The molecule has 4 nitrogen and oxygen atoms in total. The Labute approximate surface area is 119 Å². The maximum Gasteiger partial charge on any atom is 0.255 e. The van der Waals surface area contributed by atoms with E-state index in [0.717, 1.165) is 41.8 Å². The van der Waals surface area contributed by atoms with Crippen LogP contribution in [0.3, 0.4) is 0 Å². The Morgan fingerprint density at radius 3 is 2.35 bits per heavy atom. The number of rotatable bonds is 3. The fraction of sp³-hybridized carbons (Fsp3) is 0.750. The molecule has 3 N–H and O–H groups in total. The number of aromatic amines is 1. The molecule has 0 aliphatic heterocycles. The molecule has 20 heavy (non-hydrogen) atoms. The lowest BCUT2D eigenvalue weighted by Gasteiger charge is -2.54. The van der Waals surface area contributed by atoms with Crippen molar-refractivity contribution >= 4 is 0 Å². The van der Waals surface area contributed by atoms with Crippen molar-refractivity contribution in [2.75, 3.05) is 0 Å². The maximum atomic E-state index is 11.8. The van der Waals surface area contributed by atoms with Gasteiger partial charge in [-0.05, 0) is 61.7 Å². The van der Waals surface area contributed by atoms with Crippen LogP contribution in [0.25, 0.3) is 0 Å². The van der Waals surface area contributed by atoms with E-state index < -0.39 is 0 Å². The van der Waals surface area contributed by atoms with Crippen molar-refractivity contribution < 1.29 is 0 Å². The lowest BCUT2D eigenvalue weighted by molar-refractivity contribution is -0.0367. The lowest BCUT2D eigenvalue weighted by Crippen LogP contribution is -2.46. The molecule has 0 saturated heterocycles. The largest absolute Gasteiger partial charge is 0.326 e. The van der Waals surface area contributed by atoms with E-state index >= 15 is 0 Å². The Morgan fingerprint density at radius 1 is 1.15 bits per heavy atom. The van der Waals surface area contributed by atoms with E-state index in [0.29, 0.717) is 5.56 Å². The molecular weight excluding hydrogens is 250 g/mol. The monoisotopic (exact) mass is 273 g/mol. The van der Waals surface area contributed by atoms with Crippen LogP contribution in [-0.2, 0) is 13.0 Å². The van der Waals surface area contributed by atoms with Crippen LogP contribution in [0.4, 0.5) is 0 Å². The highest BCUT2D eigenvalue weighted by molar-refractivity contribution is 5.07. The molecule has 1 aromatic rings. The Balaban J connectivity index is 1.54. The van der Waals surface area contributed by atoms with Crippen LogP contribution in [0.2, 0.25) is 0 Å². The summed E-state index contributed by atoms with van der Waals surface area (Å²) in [5.41, 5.74) is 6.05. The van der Waals surface area contributed by atoms with Crippen molar-refractivity contribution in [1.82, 2.24) is 9.97 Å². The zero-order valence-corrected chi connectivity index (χ0v) is 11.8. The molecule has 0 amide bonds. The Morgan fingerprint density at radius 2 is 1.80 bits per heavy atom. The average molecular weight is 273 g/mol. The highest BCUT2D eigenvalue weighted by atomic mass is 16.1. The van der Waals surface area contributed by atoms with Gasteiger partial charge in [0.2, 0.25) is 0 Å². The average Bonchev–Trinajstić information content (AvgIpc) is 2.42. The zero-order chi connectivity index (χ0) is 13.7. The summed E-state index contributed by atoms with van der Waals surface area (Å²) in [5, 5.41) is 0. The first kappa shape index (κ1) is 12.6. The summed E-state index contributed by atoms with van der Waals surface area (Å²) >= 11 is 0. The fourth-order valence-corrected chi connectivity index (χ4v) is 5.30. The molecule has 5 rings (SSSR count). The Hall–Kier alpha value is -1.16. The molecule has 4 bridgehead atoms. The van der Waals surface area contributed by atoms with Crippen LogP contribution in [0.1, 0.15) is 43.5 Å². The zero-order valence-electron chi connectivity index (χ0n) is 11.8. The van der Waals surface area contributed by atoms with Crippen LogP contribution >= 0.6 is 0 Å². The molecule has 4 heteroatoms.